The van der Waals surface area contributed by atoms with E-state index in [0.29, 0.717) is 6.04 Å². The maximum atomic E-state index is 3.70. The van der Waals surface area contributed by atoms with Crippen LogP contribution in [0.4, 0.5) is 0 Å². The summed E-state index contributed by atoms with van der Waals surface area (Å²) in [5.41, 5.74) is 2.88. The number of hydrogen-bond acceptors (Lipinski definition) is 2. The molecule has 1 nitrogen and oxygen atoms in total. The summed E-state index contributed by atoms with van der Waals surface area (Å²) in [4.78, 5) is 0. The molecule has 0 amide bonds. The molecule has 1 aromatic rings. The summed E-state index contributed by atoms with van der Waals surface area (Å²) in [6.45, 7) is 5.67. The first-order chi connectivity index (χ1) is 9.29. The highest BCUT2D eigenvalue weighted by Gasteiger charge is 2.14. The Morgan fingerprint density at radius 1 is 1.26 bits per heavy atom. The Kier molecular flexibility index (Phi) is 6.25. The molecule has 2 heteroatoms. The van der Waals surface area contributed by atoms with Gasteiger partial charge in [-0.1, -0.05) is 44.0 Å². The van der Waals surface area contributed by atoms with E-state index in [1.54, 1.807) is 0 Å². The zero-order valence-electron chi connectivity index (χ0n) is 12.3. The quantitative estimate of drug-likeness (QED) is 0.817. The molecule has 1 N–H and O–H groups in total. The molecule has 1 aliphatic rings. The van der Waals surface area contributed by atoms with Crippen molar-refractivity contribution in [2.75, 3.05) is 12.3 Å². The van der Waals surface area contributed by atoms with E-state index in [0.717, 1.165) is 11.8 Å². The molecule has 1 fully saturated rings. The lowest BCUT2D eigenvalue weighted by molar-refractivity contribution is 0.538. The van der Waals surface area contributed by atoms with E-state index in [-0.39, 0.29) is 0 Å². The Hall–Kier alpha value is -0.470. The van der Waals surface area contributed by atoms with Crippen molar-refractivity contribution in [3.63, 3.8) is 0 Å². The van der Waals surface area contributed by atoms with Gasteiger partial charge in [0.1, 0.15) is 0 Å². The molecule has 0 aromatic heterocycles. The molecule has 2 unspecified atom stereocenters. The Labute approximate surface area is 122 Å². The number of benzene rings is 1. The minimum absolute atomic E-state index is 0.471. The molecular weight excluding hydrogens is 250 g/mol. The molecule has 19 heavy (non-hydrogen) atoms. The van der Waals surface area contributed by atoms with E-state index in [9.17, 15) is 0 Å². The topological polar surface area (TPSA) is 12.0 Å². The van der Waals surface area contributed by atoms with Crippen LogP contribution in [0.5, 0.6) is 0 Å². The van der Waals surface area contributed by atoms with Crippen LogP contribution in [0.2, 0.25) is 0 Å². The first kappa shape index (κ1) is 14.9. The van der Waals surface area contributed by atoms with Crippen molar-refractivity contribution in [1.29, 1.82) is 0 Å². The summed E-state index contributed by atoms with van der Waals surface area (Å²) in [7, 11) is 0. The average molecular weight is 277 g/mol. The maximum Gasteiger partial charge on any atom is 0.0292 e. The van der Waals surface area contributed by atoms with E-state index < -0.39 is 0 Å². The van der Waals surface area contributed by atoms with Gasteiger partial charge < -0.3 is 5.32 Å². The van der Waals surface area contributed by atoms with Crippen molar-refractivity contribution in [3.05, 3.63) is 35.4 Å². The zero-order chi connectivity index (χ0) is 13.5. The molecule has 0 bridgehead atoms. The largest absolute Gasteiger partial charge is 0.309 e. The minimum Gasteiger partial charge on any atom is -0.309 e. The lowest BCUT2D eigenvalue weighted by Gasteiger charge is -2.24. The first-order valence-electron chi connectivity index (χ1n) is 7.73. The van der Waals surface area contributed by atoms with Crippen molar-refractivity contribution >= 4 is 11.8 Å². The van der Waals surface area contributed by atoms with Gasteiger partial charge in [-0.05, 0) is 43.1 Å². The van der Waals surface area contributed by atoms with E-state index in [1.165, 1.54) is 49.0 Å². The van der Waals surface area contributed by atoms with Crippen LogP contribution in [0.3, 0.4) is 0 Å². The fourth-order valence-corrected chi connectivity index (χ4v) is 3.91. The second-order valence-electron chi connectivity index (χ2n) is 5.61. The normalized spacial score (nSPS) is 21.3. The van der Waals surface area contributed by atoms with Crippen molar-refractivity contribution in [2.45, 2.75) is 57.2 Å². The second kappa shape index (κ2) is 7.96. The predicted octanol–water partition coefficient (Wildman–Crippen LogP) is 4.58. The fraction of sp³-hybridized carbons (Fsp3) is 0.647. The van der Waals surface area contributed by atoms with Crippen LogP contribution in [0, 0.1) is 0 Å². The molecule has 1 heterocycles. The highest BCUT2D eigenvalue weighted by molar-refractivity contribution is 7.99. The number of thioether (sulfide) groups is 1. The van der Waals surface area contributed by atoms with Gasteiger partial charge in [0, 0.05) is 17.8 Å². The summed E-state index contributed by atoms with van der Waals surface area (Å²) in [5.74, 6) is 1.35. The number of hydrogen-bond donors (Lipinski definition) is 1. The van der Waals surface area contributed by atoms with Gasteiger partial charge in [0.2, 0.25) is 0 Å². The lowest BCUT2D eigenvalue weighted by atomic mass is 10.0. The van der Waals surface area contributed by atoms with Gasteiger partial charge in [0.05, 0.1) is 0 Å². The molecule has 2 atom stereocenters. The van der Waals surface area contributed by atoms with Crippen LogP contribution in [-0.2, 0) is 6.42 Å². The minimum atomic E-state index is 0.471. The molecular formula is C17H27NS. The van der Waals surface area contributed by atoms with Crippen LogP contribution in [0.15, 0.2) is 24.3 Å². The van der Waals surface area contributed by atoms with Gasteiger partial charge in [-0.2, -0.15) is 11.8 Å². The molecule has 1 aliphatic heterocycles. The standard InChI is InChI=1S/C17H27NS/c1-3-6-15-8-10-16(11-9-15)14(2)18-13-17-7-4-5-12-19-17/h8-11,14,17-18H,3-7,12-13H2,1-2H3. The Morgan fingerprint density at radius 2 is 2.05 bits per heavy atom. The highest BCUT2D eigenvalue weighted by Crippen LogP contribution is 2.25. The number of aryl methyl sites for hydroxylation is 1. The first-order valence-corrected chi connectivity index (χ1v) is 8.78. The Balaban J connectivity index is 1.79. The summed E-state index contributed by atoms with van der Waals surface area (Å²) in [6.07, 6.45) is 6.64. The predicted molar refractivity (Wildman–Crippen MR) is 87.0 cm³/mol. The van der Waals surface area contributed by atoms with Gasteiger partial charge in [0.25, 0.3) is 0 Å². The van der Waals surface area contributed by atoms with Crippen molar-refractivity contribution in [1.82, 2.24) is 5.32 Å². The van der Waals surface area contributed by atoms with Crippen molar-refractivity contribution < 1.29 is 0 Å². The molecule has 2 rings (SSSR count). The van der Waals surface area contributed by atoms with Crippen LogP contribution < -0.4 is 5.32 Å². The van der Waals surface area contributed by atoms with Crippen LogP contribution in [-0.4, -0.2) is 17.5 Å². The summed E-state index contributed by atoms with van der Waals surface area (Å²) in [5, 5.41) is 4.53. The van der Waals surface area contributed by atoms with Crippen LogP contribution in [0.25, 0.3) is 0 Å². The lowest BCUT2D eigenvalue weighted by Crippen LogP contribution is -2.28. The van der Waals surface area contributed by atoms with Gasteiger partial charge in [-0.15, -0.1) is 0 Å². The third-order valence-corrected chi connectivity index (χ3v) is 5.34. The number of nitrogens with one attached hydrogen (secondary N) is 1. The monoisotopic (exact) mass is 277 g/mol. The van der Waals surface area contributed by atoms with Gasteiger partial charge in [-0.3, -0.25) is 0 Å². The molecule has 0 saturated carbocycles. The highest BCUT2D eigenvalue weighted by atomic mass is 32.2. The van der Waals surface area contributed by atoms with E-state index >= 15 is 0 Å². The van der Waals surface area contributed by atoms with Gasteiger partial charge >= 0.3 is 0 Å². The molecule has 0 spiro atoms. The third kappa shape index (κ3) is 4.85. The Bertz CT molecular complexity index is 354. The smallest absolute Gasteiger partial charge is 0.0292 e. The third-order valence-electron chi connectivity index (χ3n) is 3.94. The fourth-order valence-electron chi connectivity index (χ4n) is 2.66. The van der Waals surface area contributed by atoms with Crippen molar-refractivity contribution in [3.8, 4) is 0 Å². The van der Waals surface area contributed by atoms with Gasteiger partial charge in [0.15, 0.2) is 0 Å². The van der Waals surface area contributed by atoms with Crippen LogP contribution >= 0.6 is 11.8 Å². The van der Waals surface area contributed by atoms with E-state index in [2.05, 4.69) is 55.2 Å². The number of rotatable bonds is 6. The molecule has 106 valence electrons. The SMILES string of the molecule is CCCc1ccc(C(C)NCC2CCCCS2)cc1. The van der Waals surface area contributed by atoms with E-state index in [4.69, 9.17) is 0 Å². The summed E-state index contributed by atoms with van der Waals surface area (Å²) >= 11 is 2.15. The van der Waals surface area contributed by atoms with Gasteiger partial charge in [-0.25, -0.2) is 0 Å². The zero-order valence-corrected chi connectivity index (χ0v) is 13.1. The second-order valence-corrected chi connectivity index (χ2v) is 7.02. The maximum absolute atomic E-state index is 3.70. The molecule has 1 aromatic carbocycles. The molecule has 0 radical (unpaired) electrons. The Morgan fingerprint density at radius 3 is 2.68 bits per heavy atom. The molecule has 1 saturated heterocycles. The summed E-state index contributed by atoms with van der Waals surface area (Å²) < 4.78 is 0. The average Bonchev–Trinajstić information content (AvgIpc) is 2.47. The summed E-state index contributed by atoms with van der Waals surface area (Å²) in [6, 6.07) is 9.62. The van der Waals surface area contributed by atoms with Crippen molar-refractivity contribution in [2.24, 2.45) is 0 Å². The molecule has 0 aliphatic carbocycles. The van der Waals surface area contributed by atoms with E-state index in [1.807, 2.05) is 0 Å². The van der Waals surface area contributed by atoms with Crippen LogP contribution in [0.1, 0.15) is 56.7 Å².